The molecule has 0 spiro atoms. The fraction of sp³-hybridized carbons (Fsp3) is 0.263. The molecule has 2 N–H and O–H groups in total. The second-order valence-corrected chi connectivity index (χ2v) is 5.82. The first-order valence-corrected chi connectivity index (χ1v) is 7.77. The highest BCUT2D eigenvalue weighted by Crippen LogP contribution is 2.11. The van der Waals surface area contributed by atoms with Crippen LogP contribution in [-0.2, 0) is 22.4 Å². The first-order chi connectivity index (χ1) is 11.5. The Balaban J connectivity index is 1.98. The lowest BCUT2D eigenvalue weighted by molar-refractivity contribution is -0.142. The maximum atomic E-state index is 13.2. The summed E-state index contributed by atoms with van der Waals surface area (Å²) in [5, 5.41) is 11.9. The number of amides is 1. The van der Waals surface area contributed by atoms with Crippen molar-refractivity contribution >= 4 is 11.9 Å². The molecule has 2 aromatic carbocycles. The van der Waals surface area contributed by atoms with Crippen LogP contribution < -0.4 is 5.32 Å². The number of halogens is 1. The molecule has 4 nitrogen and oxygen atoms in total. The van der Waals surface area contributed by atoms with Crippen molar-refractivity contribution in [1.82, 2.24) is 5.32 Å². The third-order valence-electron chi connectivity index (χ3n) is 3.78. The Bertz CT molecular complexity index is 703. The summed E-state index contributed by atoms with van der Waals surface area (Å²) in [6.07, 6.45) is 0.565. The topological polar surface area (TPSA) is 66.4 Å². The van der Waals surface area contributed by atoms with Crippen LogP contribution in [0.2, 0.25) is 0 Å². The van der Waals surface area contributed by atoms with Crippen molar-refractivity contribution in [2.75, 3.05) is 0 Å². The van der Waals surface area contributed by atoms with Gasteiger partial charge >= 0.3 is 5.97 Å². The van der Waals surface area contributed by atoms with E-state index in [1.54, 1.807) is 19.1 Å². The molecule has 0 heterocycles. The molecule has 0 aliphatic rings. The number of hydrogen-bond donors (Lipinski definition) is 2. The highest BCUT2D eigenvalue weighted by molar-refractivity contribution is 5.85. The van der Waals surface area contributed by atoms with Crippen LogP contribution in [0.25, 0.3) is 0 Å². The standard InChI is InChI=1S/C19H20FNO3/c1-13(10-15-8-5-9-16(20)11-15)18(22)21-17(19(23)24)12-14-6-3-2-4-7-14/h2-9,11,13,17H,10,12H2,1H3,(H,21,22)(H,23,24). The summed E-state index contributed by atoms with van der Waals surface area (Å²) >= 11 is 0. The van der Waals surface area contributed by atoms with Gasteiger partial charge in [-0.25, -0.2) is 9.18 Å². The number of nitrogens with one attached hydrogen (secondary N) is 1. The third kappa shape index (κ3) is 5.19. The van der Waals surface area contributed by atoms with Gasteiger partial charge in [0.25, 0.3) is 0 Å². The molecule has 0 saturated carbocycles. The van der Waals surface area contributed by atoms with E-state index in [0.717, 1.165) is 5.56 Å². The Morgan fingerprint density at radius 3 is 2.33 bits per heavy atom. The third-order valence-corrected chi connectivity index (χ3v) is 3.78. The Kier molecular flexibility index (Phi) is 6.07. The molecule has 2 aromatic rings. The number of carboxylic acid groups (broad SMARTS) is 1. The molecule has 24 heavy (non-hydrogen) atoms. The number of carbonyl (C=O) groups is 2. The SMILES string of the molecule is CC(Cc1cccc(F)c1)C(=O)NC(Cc1ccccc1)C(=O)O. The molecule has 5 heteroatoms. The molecule has 0 aliphatic heterocycles. The van der Waals surface area contributed by atoms with Gasteiger partial charge in [0.2, 0.25) is 5.91 Å². The number of benzene rings is 2. The summed E-state index contributed by atoms with van der Waals surface area (Å²) in [6, 6.07) is 14.2. The van der Waals surface area contributed by atoms with Gasteiger partial charge < -0.3 is 10.4 Å². The van der Waals surface area contributed by atoms with Crippen molar-refractivity contribution in [3.63, 3.8) is 0 Å². The van der Waals surface area contributed by atoms with Crippen LogP contribution >= 0.6 is 0 Å². The highest BCUT2D eigenvalue weighted by atomic mass is 19.1. The molecule has 0 aromatic heterocycles. The second-order valence-electron chi connectivity index (χ2n) is 5.82. The monoisotopic (exact) mass is 329 g/mol. The lowest BCUT2D eigenvalue weighted by Gasteiger charge is -2.18. The first kappa shape index (κ1) is 17.7. The number of rotatable bonds is 7. The summed E-state index contributed by atoms with van der Waals surface area (Å²) in [6.45, 7) is 1.70. The van der Waals surface area contributed by atoms with E-state index in [9.17, 15) is 19.1 Å². The lowest BCUT2D eigenvalue weighted by Crippen LogP contribution is -2.44. The average molecular weight is 329 g/mol. The van der Waals surface area contributed by atoms with E-state index in [2.05, 4.69) is 5.32 Å². The van der Waals surface area contributed by atoms with Crippen LogP contribution in [0.3, 0.4) is 0 Å². The van der Waals surface area contributed by atoms with Gasteiger partial charge in [0.1, 0.15) is 11.9 Å². The summed E-state index contributed by atoms with van der Waals surface area (Å²) in [7, 11) is 0. The van der Waals surface area contributed by atoms with E-state index >= 15 is 0 Å². The zero-order valence-electron chi connectivity index (χ0n) is 13.4. The smallest absolute Gasteiger partial charge is 0.326 e. The van der Waals surface area contributed by atoms with Crippen LogP contribution in [0.5, 0.6) is 0 Å². The van der Waals surface area contributed by atoms with Gasteiger partial charge in [0.05, 0.1) is 0 Å². The zero-order chi connectivity index (χ0) is 17.5. The minimum Gasteiger partial charge on any atom is -0.480 e. The predicted molar refractivity (Wildman–Crippen MR) is 89.0 cm³/mol. The van der Waals surface area contributed by atoms with Gasteiger partial charge in [-0.2, -0.15) is 0 Å². The minimum atomic E-state index is -1.08. The molecule has 2 rings (SSSR count). The zero-order valence-corrected chi connectivity index (χ0v) is 13.4. The number of hydrogen-bond acceptors (Lipinski definition) is 2. The van der Waals surface area contributed by atoms with Crippen LogP contribution in [0, 0.1) is 11.7 Å². The van der Waals surface area contributed by atoms with E-state index < -0.39 is 17.9 Å². The quantitative estimate of drug-likeness (QED) is 0.821. The fourth-order valence-corrected chi connectivity index (χ4v) is 2.47. The predicted octanol–water partition coefficient (Wildman–Crippen LogP) is 2.82. The largest absolute Gasteiger partial charge is 0.480 e. The maximum Gasteiger partial charge on any atom is 0.326 e. The molecule has 1 amide bonds. The Hall–Kier alpha value is -2.69. The normalized spacial score (nSPS) is 13.1. The van der Waals surface area contributed by atoms with E-state index in [4.69, 9.17) is 0 Å². The van der Waals surface area contributed by atoms with E-state index in [0.29, 0.717) is 12.0 Å². The van der Waals surface area contributed by atoms with E-state index in [1.807, 2.05) is 30.3 Å². The Labute approximate surface area is 140 Å². The summed E-state index contributed by atoms with van der Waals surface area (Å²) in [5.74, 6) is -2.25. The average Bonchev–Trinajstić information content (AvgIpc) is 2.55. The number of carbonyl (C=O) groups excluding carboxylic acids is 1. The Morgan fingerprint density at radius 1 is 1.04 bits per heavy atom. The minimum absolute atomic E-state index is 0.217. The van der Waals surface area contributed by atoms with Gasteiger partial charge in [-0.1, -0.05) is 49.4 Å². The molecule has 2 unspecified atom stereocenters. The first-order valence-electron chi connectivity index (χ1n) is 7.77. The maximum absolute atomic E-state index is 13.2. The van der Waals surface area contributed by atoms with Crippen molar-refractivity contribution in [2.45, 2.75) is 25.8 Å². The molecular weight excluding hydrogens is 309 g/mol. The van der Waals surface area contributed by atoms with Crippen molar-refractivity contribution in [3.05, 3.63) is 71.5 Å². The summed E-state index contributed by atoms with van der Waals surface area (Å²) in [4.78, 5) is 23.7. The molecule has 126 valence electrons. The van der Waals surface area contributed by atoms with Crippen LogP contribution in [0.15, 0.2) is 54.6 Å². The van der Waals surface area contributed by atoms with Gasteiger partial charge in [-0.3, -0.25) is 4.79 Å². The van der Waals surface area contributed by atoms with Gasteiger partial charge in [-0.15, -0.1) is 0 Å². The van der Waals surface area contributed by atoms with E-state index in [1.165, 1.54) is 12.1 Å². The van der Waals surface area contributed by atoms with Crippen molar-refractivity contribution < 1.29 is 19.1 Å². The van der Waals surface area contributed by atoms with Crippen molar-refractivity contribution in [3.8, 4) is 0 Å². The van der Waals surface area contributed by atoms with Crippen molar-refractivity contribution in [2.24, 2.45) is 5.92 Å². The number of carboxylic acids is 1. The summed E-state index contributed by atoms with van der Waals surface area (Å²) in [5.41, 5.74) is 1.54. The highest BCUT2D eigenvalue weighted by Gasteiger charge is 2.23. The molecule has 0 aliphatic carbocycles. The molecule has 0 fully saturated rings. The lowest BCUT2D eigenvalue weighted by atomic mass is 9.99. The molecule has 0 radical (unpaired) electrons. The van der Waals surface area contributed by atoms with Crippen LogP contribution in [-0.4, -0.2) is 23.0 Å². The molecule has 2 atom stereocenters. The van der Waals surface area contributed by atoms with E-state index in [-0.39, 0.29) is 18.1 Å². The molecule has 0 saturated heterocycles. The van der Waals surface area contributed by atoms with Crippen LogP contribution in [0.1, 0.15) is 18.1 Å². The van der Waals surface area contributed by atoms with Gasteiger partial charge in [0, 0.05) is 12.3 Å². The Morgan fingerprint density at radius 2 is 1.71 bits per heavy atom. The summed E-state index contributed by atoms with van der Waals surface area (Å²) < 4.78 is 13.2. The number of aliphatic carboxylic acids is 1. The molecular formula is C19H20FNO3. The van der Waals surface area contributed by atoms with Gasteiger partial charge in [-0.05, 0) is 29.7 Å². The molecule has 0 bridgehead atoms. The van der Waals surface area contributed by atoms with Crippen molar-refractivity contribution in [1.29, 1.82) is 0 Å². The van der Waals surface area contributed by atoms with Gasteiger partial charge in [0.15, 0.2) is 0 Å². The second kappa shape index (κ2) is 8.24. The fourth-order valence-electron chi connectivity index (χ4n) is 2.47. The van der Waals surface area contributed by atoms with Crippen LogP contribution in [0.4, 0.5) is 4.39 Å².